The number of hydrogen-bond acceptors (Lipinski definition) is 3. The molecule has 1 saturated heterocycles. The van der Waals surface area contributed by atoms with Crippen molar-refractivity contribution in [2.45, 2.75) is 32.4 Å². The Kier molecular flexibility index (Phi) is 6.34. The quantitative estimate of drug-likeness (QED) is 0.671. The highest BCUT2D eigenvalue weighted by Gasteiger charge is 2.30. The van der Waals surface area contributed by atoms with Gasteiger partial charge in [-0.05, 0) is 13.5 Å². The van der Waals surface area contributed by atoms with Crippen molar-refractivity contribution in [2.24, 2.45) is 0 Å². The molecule has 0 aromatic carbocycles. The Labute approximate surface area is 75.3 Å². The highest BCUT2D eigenvalue weighted by Crippen LogP contribution is 2.17. The average molecular weight is 175 g/mol. The van der Waals surface area contributed by atoms with Gasteiger partial charge in [0.05, 0.1) is 18.8 Å². The van der Waals surface area contributed by atoms with E-state index in [0.717, 1.165) is 13.0 Å². The monoisotopic (exact) mass is 175 g/mol. The first kappa shape index (κ1) is 11.9. The fourth-order valence-corrected chi connectivity index (χ4v) is 1.50. The van der Waals surface area contributed by atoms with E-state index < -0.39 is 0 Å². The standard InChI is InChI=1S/C7H15NO2.C2H6/c1-8-4-3-7(10-2)6(8)5-9;1-2/h6-7,9H,3-5H2,1-2H3;1-2H3. The first-order valence-corrected chi connectivity index (χ1v) is 4.63. The zero-order valence-electron chi connectivity index (χ0n) is 8.58. The van der Waals surface area contributed by atoms with Crippen LogP contribution in [0.5, 0.6) is 0 Å². The highest BCUT2D eigenvalue weighted by atomic mass is 16.5. The number of aliphatic hydroxyl groups is 1. The molecule has 3 nitrogen and oxygen atoms in total. The van der Waals surface area contributed by atoms with E-state index in [-0.39, 0.29) is 18.8 Å². The maximum atomic E-state index is 8.92. The van der Waals surface area contributed by atoms with Gasteiger partial charge in [-0.1, -0.05) is 13.8 Å². The fourth-order valence-electron chi connectivity index (χ4n) is 1.50. The topological polar surface area (TPSA) is 32.7 Å². The van der Waals surface area contributed by atoms with Crippen LogP contribution in [0.15, 0.2) is 0 Å². The Bertz CT molecular complexity index is 109. The summed E-state index contributed by atoms with van der Waals surface area (Å²) in [6.07, 6.45) is 1.27. The van der Waals surface area contributed by atoms with Crippen molar-refractivity contribution in [1.82, 2.24) is 4.90 Å². The molecule has 0 saturated carbocycles. The normalized spacial score (nSPS) is 29.8. The van der Waals surface area contributed by atoms with Crippen molar-refractivity contribution in [3.8, 4) is 0 Å². The maximum Gasteiger partial charge on any atom is 0.0760 e. The van der Waals surface area contributed by atoms with Gasteiger partial charge in [0.25, 0.3) is 0 Å². The third kappa shape index (κ3) is 2.73. The van der Waals surface area contributed by atoms with Crippen molar-refractivity contribution in [3.05, 3.63) is 0 Å². The van der Waals surface area contributed by atoms with Crippen LogP contribution in [-0.2, 0) is 4.74 Å². The van der Waals surface area contributed by atoms with Crippen molar-refractivity contribution < 1.29 is 9.84 Å². The van der Waals surface area contributed by atoms with Crippen LogP contribution in [0.4, 0.5) is 0 Å². The predicted molar refractivity (Wildman–Crippen MR) is 50.3 cm³/mol. The summed E-state index contributed by atoms with van der Waals surface area (Å²) in [6.45, 7) is 5.23. The molecule has 1 N–H and O–H groups in total. The molecule has 0 radical (unpaired) electrons. The minimum absolute atomic E-state index is 0.203. The van der Waals surface area contributed by atoms with Gasteiger partial charge < -0.3 is 9.84 Å². The van der Waals surface area contributed by atoms with Gasteiger partial charge in [0, 0.05) is 13.7 Å². The third-order valence-corrected chi connectivity index (χ3v) is 2.25. The lowest BCUT2D eigenvalue weighted by atomic mass is 10.2. The number of likely N-dealkylation sites (N-methyl/N-ethyl adjacent to an activating group) is 1. The number of nitrogens with zero attached hydrogens (tertiary/aromatic N) is 1. The summed E-state index contributed by atoms with van der Waals surface area (Å²) < 4.78 is 5.18. The van der Waals surface area contributed by atoms with Crippen LogP contribution in [0.25, 0.3) is 0 Å². The Morgan fingerprint density at radius 2 is 2.08 bits per heavy atom. The summed E-state index contributed by atoms with van der Waals surface area (Å²) in [6, 6.07) is 0.213. The number of aliphatic hydroxyl groups excluding tert-OH is 1. The van der Waals surface area contributed by atoms with E-state index in [4.69, 9.17) is 9.84 Å². The number of hydrogen-bond donors (Lipinski definition) is 1. The van der Waals surface area contributed by atoms with Crippen molar-refractivity contribution >= 4 is 0 Å². The van der Waals surface area contributed by atoms with Crippen molar-refractivity contribution in [2.75, 3.05) is 27.3 Å². The maximum absolute atomic E-state index is 8.92. The lowest BCUT2D eigenvalue weighted by molar-refractivity contribution is 0.0446. The molecule has 1 aliphatic rings. The van der Waals surface area contributed by atoms with Crippen molar-refractivity contribution in [1.29, 1.82) is 0 Å². The molecule has 2 atom stereocenters. The van der Waals surface area contributed by atoms with E-state index in [9.17, 15) is 0 Å². The fraction of sp³-hybridized carbons (Fsp3) is 1.00. The Hall–Kier alpha value is -0.120. The number of methoxy groups -OCH3 is 1. The van der Waals surface area contributed by atoms with Crippen LogP contribution in [0.3, 0.4) is 0 Å². The zero-order chi connectivity index (χ0) is 9.56. The lowest BCUT2D eigenvalue weighted by Crippen LogP contribution is -2.36. The first-order chi connectivity index (χ1) is 5.79. The van der Waals surface area contributed by atoms with Gasteiger partial charge in [-0.25, -0.2) is 0 Å². The zero-order valence-corrected chi connectivity index (χ0v) is 8.58. The number of ether oxygens (including phenoxy) is 1. The molecule has 2 unspecified atom stereocenters. The summed E-state index contributed by atoms with van der Waals surface area (Å²) >= 11 is 0. The van der Waals surface area contributed by atoms with Gasteiger partial charge in [-0.3, -0.25) is 4.90 Å². The van der Waals surface area contributed by atoms with E-state index in [2.05, 4.69) is 4.90 Å². The SMILES string of the molecule is CC.COC1CCN(C)C1CO. The van der Waals surface area contributed by atoms with E-state index in [0.29, 0.717) is 0 Å². The van der Waals surface area contributed by atoms with Crippen LogP contribution < -0.4 is 0 Å². The summed E-state index contributed by atoms with van der Waals surface area (Å²) in [5.41, 5.74) is 0. The molecule has 12 heavy (non-hydrogen) atoms. The van der Waals surface area contributed by atoms with E-state index in [1.807, 2.05) is 20.9 Å². The second-order valence-corrected chi connectivity index (χ2v) is 2.79. The largest absolute Gasteiger partial charge is 0.395 e. The molecule has 1 aliphatic heterocycles. The van der Waals surface area contributed by atoms with Crippen LogP contribution >= 0.6 is 0 Å². The molecule has 0 spiro atoms. The van der Waals surface area contributed by atoms with Gasteiger partial charge in [-0.2, -0.15) is 0 Å². The van der Waals surface area contributed by atoms with Crippen LogP contribution in [-0.4, -0.2) is 49.5 Å². The van der Waals surface area contributed by atoms with Crippen LogP contribution in [0.2, 0.25) is 0 Å². The second kappa shape index (κ2) is 6.40. The van der Waals surface area contributed by atoms with Crippen LogP contribution in [0.1, 0.15) is 20.3 Å². The molecule has 0 bridgehead atoms. The molecule has 0 aromatic heterocycles. The Morgan fingerprint density at radius 3 is 2.42 bits per heavy atom. The average Bonchev–Trinajstić information content (AvgIpc) is 2.49. The Balaban J connectivity index is 0.000000561. The molecule has 3 heteroatoms. The summed E-state index contributed by atoms with van der Waals surface area (Å²) in [5.74, 6) is 0. The predicted octanol–water partition coefficient (Wildman–Crippen LogP) is 0.724. The van der Waals surface area contributed by atoms with Gasteiger partial charge in [-0.15, -0.1) is 0 Å². The minimum Gasteiger partial charge on any atom is -0.395 e. The molecule has 1 rings (SSSR count). The molecular weight excluding hydrogens is 154 g/mol. The van der Waals surface area contributed by atoms with E-state index >= 15 is 0 Å². The van der Waals surface area contributed by atoms with E-state index in [1.165, 1.54) is 0 Å². The summed E-state index contributed by atoms with van der Waals surface area (Å²) in [5, 5.41) is 8.92. The molecule has 1 fully saturated rings. The lowest BCUT2D eigenvalue weighted by Gasteiger charge is -2.21. The van der Waals surface area contributed by atoms with Gasteiger partial charge in [0.15, 0.2) is 0 Å². The third-order valence-electron chi connectivity index (χ3n) is 2.25. The van der Waals surface area contributed by atoms with Gasteiger partial charge in [0.1, 0.15) is 0 Å². The molecule has 0 aliphatic carbocycles. The molecular formula is C9H21NO2. The minimum atomic E-state index is 0.203. The molecule has 74 valence electrons. The van der Waals surface area contributed by atoms with Gasteiger partial charge >= 0.3 is 0 Å². The van der Waals surface area contributed by atoms with E-state index in [1.54, 1.807) is 7.11 Å². The number of likely N-dealkylation sites (tertiary alicyclic amines) is 1. The highest BCUT2D eigenvalue weighted by molar-refractivity contribution is 4.84. The summed E-state index contributed by atoms with van der Waals surface area (Å²) in [4.78, 5) is 2.13. The second-order valence-electron chi connectivity index (χ2n) is 2.79. The molecule has 1 heterocycles. The smallest absolute Gasteiger partial charge is 0.0760 e. The molecule has 0 aromatic rings. The summed E-state index contributed by atoms with van der Waals surface area (Å²) in [7, 11) is 3.71. The van der Waals surface area contributed by atoms with Crippen molar-refractivity contribution in [3.63, 3.8) is 0 Å². The first-order valence-electron chi connectivity index (χ1n) is 4.63. The van der Waals surface area contributed by atoms with Crippen LogP contribution in [0, 0.1) is 0 Å². The number of rotatable bonds is 2. The molecule has 0 amide bonds. The van der Waals surface area contributed by atoms with Gasteiger partial charge in [0.2, 0.25) is 0 Å². The Morgan fingerprint density at radius 1 is 1.50 bits per heavy atom.